The van der Waals surface area contributed by atoms with E-state index < -0.39 is 10.0 Å². The molecular weight excluding hydrogens is 362 g/mol. The van der Waals surface area contributed by atoms with E-state index >= 15 is 0 Å². The van der Waals surface area contributed by atoms with Gasteiger partial charge in [-0.2, -0.15) is 0 Å². The Bertz CT molecular complexity index is 740. The van der Waals surface area contributed by atoms with Crippen molar-refractivity contribution in [2.45, 2.75) is 50.0 Å². The second-order valence-electron chi connectivity index (χ2n) is 7.21. The molecule has 1 aromatic carbocycles. The van der Waals surface area contributed by atoms with Crippen molar-refractivity contribution in [3.05, 3.63) is 23.8 Å². The van der Waals surface area contributed by atoms with Crippen molar-refractivity contribution < 1.29 is 13.2 Å². The van der Waals surface area contributed by atoms with Crippen LogP contribution in [0.5, 0.6) is 0 Å². The van der Waals surface area contributed by atoms with Crippen molar-refractivity contribution in [2.24, 2.45) is 28.6 Å². The number of hydrogen-bond acceptors (Lipinski definition) is 4. The highest BCUT2D eigenvalue weighted by molar-refractivity contribution is 7.89. The van der Waals surface area contributed by atoms with Gasteiger partial charge in [-0.05, 0) is 62.1 Å². The minimum Gasteiger partial charge on any atom is -0.327 e. The van der Waals surface area contributed by atoms with Crippen LogP contribution in [0.25, 0.3) is 0 Å². The predicted molar refractivity (Wildman–Crippen MR) is 100.0 cm³/mol. The van der Waals surface area contributed by atoms with Gasteiger partial charge in [0.15, 0.2) is 0 Å². The molecule has 25 heavy (non-hydrogen) atoms. The second kappa shape index (κ2) is 7.61. The van der Waals surface area contributed by atoms with Gasteiger partial charge in [0.1, 0.15) is 0 Å². The molecule has 2 aliphatic carbocycles. The van der Waals surface area contributed by atoms with E-state index in [9.17, 15) is 13.2 Å². The minimum absolute atomic E-state index is 0. The number of primary sulfonamides is 1. The summed E-state index contributed by atoms with van der Waals surface area (Å²) in [6.45, 7) is 1.68. The molecule has 3 rings (SSSR count). The van der Waals surface area contributed by atoms with E-state index in [1.165, 1.54) is 12.5 Å². The number of aryl methyl sites for hydroxylation is 1. The zero-order chi connectivity index (χ0) is 17.5. The van der Waals surface area contributed by atoms with E-state index in [2.05, 4.69) is 5.32 Å². The highest BCUT2D eigenvalue weighted by atomic mass is 35.5. The van der Waals surface area contributed by atoms with Crippen molar-refractivity contribution in [1.82, 2.24) is 0 Å². The number of nitrogens with one attached hydrogen (secondary N) is 1. The second-order valence-corrected chi connectivity index (χ2v) is 8.74. The van der Waals surface area contributed by atoms with Gasteiger partial charge in [0.05, 0.1) is 4.90 Å². The molecule has 2 fully saturated rings. The van der Waals surface area contributed by atoms with Crippen LogP contribution in [0.4, 0.5) is 5.69 Å². The molecule has 2 bridgehead atoms. The van der Waals surface area contributed by atoms with Crippen molar-refractivity contribution >= 4 is 34.0 Å². The number of halogens is 1. The summed E-state index contributed by atoms with van der Waals surface area (Å²) in [6.07, 6.45) is 5.03. The highest BCUT2D eigenvalue weighted by Crippen LogP contribution is 2.42. The Labute approximate surface area is 155 Å². The average Bonchev–Trinajstić information content (AvgIpc) is 2.47. The van der Waals surface area contributed by atoms with Crippen molar-refractivity contribution in [2.75, 3.05) is 5.32 Å². The molecule has 8 heteroatoms. The number of hydrogen-bond donors (Lipinski definition) is 3. The molecule has 140 valence electrons. The first-order valence-electron chi connectivity index (χ1n) is 8.45. The quantitative estimate of drug-likeness (QED) is 0.736. The molecule has 0 aromatic heterocycles. The molecule has 5 N–H and O–H groups in total. The summed E-state index contributed by atoms with van der Waals surface area (Å²) >= 11 is 0. The number of anilines is 1. The van der Waals surface area contributed by atoms with Gasteiger partial charge in [-0.15, -0.1) is 12.4 Å². The lowest BCUT2D eigenvalue weighted by Crippen LogP contribution is -2.48. The van der Waals surface area contributed by atoms with Gasteiger partial charge < -0.3 is 11.1 Å². The molecular formula is C17H26ClN3O3S. The van der Waals surface area contributed by atoms with Crippen LogP contribution in [-0.4, -0.2) is 20.4 Å². The fraction of sp³-hybridized carbons (Fsp3) is 0.588. The van der Waals surface area contributed by atoms with Gasteiger partial charge in [0, 0.05) is 17.6 Å². The first-order chi connectivity index (χ1) is 11.3. The molecule has 0 radical (unpaired) electrons. The van der Waals surface area contributed by atoms with Gasteiger partial charge in [-0.1, -0.05) is 12.5 Å². The number of nitrogens with two attached hydrogens (primary N) is 2. The number of rotatable bonds is 3. The highest BCUT2D eigenvalue weighted by Gasteiger charge is 2.40. The third-order valence-corrected chi connectivity index (χ3v) is 6.60. The van der Waals surface area contributed by atoms with Gasteiger partial charge >= 0.3 is 0 Å². The smallest absolute Gasteiger partial charge is 0.238 e. The fourth-order valence-electron chi connectivity index (χ4n) is 4.23. The lowest BCUT2D eigenvalue weighted by atomic mass is 9.65. The maximum Gasteiger partial charge on any atom is 0.238 e. The topological polar surface area (TPSA) is 115 Å². The Hall–Kier alpha value is -1.15. The van der Waals surface area contributed by atoms with Crippen LogP contribution in [0.15, 0.2) is 23.1 Å². The number of carbonyl (C=O) groups excluding carboxylic acids is 1. The third-order valence-electron chi connectivity index (χ3n) is 5.55. The van der Waals surface area contributed by atoms with Gasteiger partial charge in [0.25, 0.3) is 0 Å². The summed E-state index contributed by atoms with van der Waals surface area (Å²) in [7, 11) is -3.80. The maximum absolute atomic E-state index is 12.6. The Kier molecular flexibility index (Phi) is 6.14. The third kappa shape index (κ3) is 4.34. The molecule has 1 aromatic rings. The Morgan fingerprint density at radius 2 is 1.80 bits per heavy atom. The van der Waals surface area contributed by atoms with E-state index in [0.29, 0.717) is 23.1 Å². The monoisotopic (exact) mass is 387 g/mol. The van der Waals surface area contributed by atoms with E-state index in [0.717, 1.165) is 25.7 Å². The van der Waals surface area contributed by atoms with Crippen LogP contribution >= 0.6 is 12.4 Å². The normalized spacial score (nSPS) is 28.8. The number of sulfonamides is 1. The van der Waals surface area contributed by atoms with Gasteiger partial charge in [-0.3, -0.25) is 4.79 Å². The molecule has 2 atom stereocenters. The average molecular weight is 388 g/mol. The van der Waals surface area contributed by atoms with E-state index in [-0.39, 0.29) is 35.2 Å². The summed E-state index contributed by atoms with van der Waals surface area (Å²) in [6, 6.07) is 5.01. The summed E-state index contributed by atoms with van der Waals surface area (Å²) < 4.78 is 23.2. The van der Waals surface area contributed by atoms with Crippen molar-refractivity contribution in [3.8, 4) is 0 Å². The van der Waals surface area contributed by atoms with Crippen LogP contribution < -0.4 is 16.2 Å². The molecule has 1 amide bonds. The molecule has 0 saturated heterocycles. The Morgan fingerprint density at radius 3 is 2.36 bits per heavy atom. The standard InChI is InChI=1S/C17H25N3O3S.ClH/c1-10-5-6-14(9-15(10)24(19,22)23)20-17(21)13-7-11-3-2-4-12(8-13)16(11)18;/h5-6,9,11-13,16H,2-4,7-8,18H2,1H3,(H,20,21)(H2,19,22,23);1H. The minimum atomic E-state index is -3.80. The molecule has 2 saturated carbocycles. The van der Waals surface area contributed by atoms with Gasteiger partial charge in [-0.25, -0.2) is 13.6 Å². The van der Waals surface area contributed by atoms with E-state index in [4.69, 9.17) is 10.9 Å². The molecule has 0 spiro atoms. The molecule has 0 heterocycles. The summed E-state index contributed by atoms with van der Waals surface area (Å²) in [5, 5.41) is 8.08. The summed E-state index contributed by atoms with van der Waals surface area (Å²) in [5.41, 5.74) is 7.30. The van der Waals surface area contributed by atoms with Crippen LogP contribution in [0.2, 0.25) is 0 Å². The Morgan fingerprint density at radius 1 is 1.20 bits per heavy atom. The van der Waals surface area contributed by atoms with Crippen LogP contribution in [0.3, 0.4) is 0 Å². The summed E-state index contributed by atoms with van der Waals surface area (Å²) in [5.74, 6) is 0.736. The SMILES string of the molecule is Cc1ccc(NC(=O)C2CC3CCCC(C2)C3N)cc1S(N)(=O)=O.Cl. The number of amides is 1. The number of fused-ring (bicyclic) bond motifs is 2. The first kappa shape index (κ1) is 20.2. The predicted octanol–water partition coefficient (Wildman–Crippen LogP) is 2.16. The van der Waals surface area contributed by atoms with Crippen molar-refractivity contribution in [1.29, 1.82) is 0 Å². The molecule has 2 aliphatic rings. The largest absolute Gasteiger partial charge is 0.327 e. The fourth-order valence-corrected chi connectivity index (χ4v) is 5.04. The zero-order valence-electron chi connectivity index (χ0n) is 14.3. The lowest BCUT2D eigenvalue weighted by Gasteiger charge is -2.43. The number of carbonyl (C=O) groups is 1. The van der Waals surface area contributed by atoms with Crippen LogP contribution in [-0.2, 0) is 14.8 Å². The molecule has 6 nitrogen and oxygen atoms in total. The zero-order valence-corrected chi connectivity index (χ0v) is 15.9. The van der Waals surface area contributed by atoms with E-state index in [1.54, 1.807) is 19.1 Å². The molecule has 0 aliphatic heterocycles. The summed E-state index contributed by atoms with van der Waals surface area (Å²) in [4.78, 5) is 12.7. The van der Waals surface area contributed by atoms with Crippen LogP contribution in [0, 0.1) is 24.7 Å². The van der Waals surface area contributed by atoms with E-state index in [1.807, 2.05) is 0 Å². The number of benzene rings is 1. The first-order valence-corrected chi connectivity index (χ1v) is 10.00. The maximum atomic E-state index is 12.6. The van der Waals surface area contributed by atoms with Crippen LogP contribution in [0.1, 0.15) is 37.7 Å². The van der Waals surface area contributed by atoms with Gasteiger partial charge in [0.2, 0.25) is 15.9 Å². The lowest BCUT2D eigenvalue weighted by molar-refractivity contribution is -0.122. The van der Waals surface area contributed by atoms with Crippen molar-refractivity contribution in [3.63, 3.8) is 0 Å². The molecule has 2 unspecified atom stereocenters. The Balaban J connectivity index is 0.00000225.